The Balaban J connectivity index is 3.56. The molecule has 103 valence electrons. The molecule has 0 saturated heterocycles. The van der Waals surface area contributed by atoms with Gasteiger partial charge in [-0.05, 0) is 17.1 Å². The fourth-order valence-corrected chi connectivity index (χ4v) is 7.16. The van der Waals surface area contributed by atoms with E-state index in [0.29, 0.717) is 0 Å². The first-order valence-corrected chi connectivity index (χ1v) is 10.6. The molecule has 0 bridgehead atoms. The van der Waals surface area contributed by atoms with Gasteiger partial charge in [-0.15, -0.1) is 0 Å². The lowest BCUT2D eigenvalue weighted by atomic mass is 10.1. The van der Waals surface area contributed by atoms with Crippen LogP contribution in [0.4, 0.5) is 0 Å². The van der Waals surface area contributed by atoms with Crippen LogP contribution in [0.15, 0.2) is 0 Å². The zero-order chi connectivity index (χ0) is 13.1. The van der Waals surface area contributed by atoms with E-state index in [1.807, 2.05) is 0 Å². The Morgan fingerprint density at radius 3 is 2.06 bits per heavy atom. The molecule has 0 spiro atoms. The van der Waals surface area contributed by atoms with Crippen LogP contribution in [0.1, 0.15) is 73.1 Å². The van der Waals surface area contributed by atoms with Crippen molar-refractivity contribution in [3.05, 3.63) is 0 Å². The lowest BCUT2D eigenvalue weighted by Crippen LogP contribution is -2.24. The summed E-state index contributed by atoms with van der Waals surface area (Å²) in [6.07, 6.45) is 8.46. The van der Waals surface area contributed by atoms with Crippen LogP contribution in [0.25, 0.3) is 0 Å². The molecule has 3 heteroatoms. The molecular weight excluding hydrogens is 240 g/mol. The smallest absolute Gasteiger partial charge is 0.200 e. The van der Waals surface area contributed by atoms with Crippen molar-refractivity contribution in [1.29, 1.82) is 0 Å². The second kappa shape index (κ2) is 11.5. The van der Waals surface area contributed by atoms with E-state index in [4.69, 9.17) is 4.12 Å². The van der Waals surface area contributed by atoms with Gasteiger partial charge < -0.3 is 4.12 Å². The second-order valence-electron chi connectivity index (χ2n) is 5.84. The van der Waals surface area contributed by atoms with Crippen LogP contribution in [0.3, 0.4) is 0 Å². The van der Waals surface area contributed by atoms with E-state index in [9.17, 15) is 0 Å². The van der Waals surface area contributed by atoms with E-state index >= 15 is 0 Å². The SMILES string of the molecule is CCCCCCCC[Si](O[SiH2]C(C)C)C(C)C. The summed E-state index contributed by atoms with van der Waals surface area (Å²) in [4.78, 5) is 0. The van der Waals surface area contributed by atoms with E-state index in [1.165, 1.54) is 44.6 Å². The molecule has 1 nitrogen and oxygen atoms in total. The molecule has 0 fully saturated rings. The highest BCUT2D eigenvalue weighted by Gasteiger charge is 2.17. The first-order valence-electron chi connectivity index (χ1n) is 7.56. The normalized spacial score (nSPS) is 12.7. The highest BCUT2D eigenvalue weighted by Crippen LogP contribution is 2.18. The maximum Gasteiger partial charge on any atom is 0.200 e. The third-order valence-electron chi connectivity index (χ3n) is 3.02. The molecule has 0 heterocycles. The van der Waals surface area contributed by atoms with Crippen LogP contribution in [0.5, 0.6) is 0 Å². The van der Waals surface area contributed by atoms with Gasteiger partial charge in [-0.25, -0.2) is 0 Å². The van der Waals surface area contributed by atoms with Gasteiger partial charge in [0.2, 0.25) is 0 Å². The van der Waals surface area contributed by atoms with Crippen LogP contribution in [0.2, 0.25) is 17.1 Å². The van der Waals surface area contributed by atoms with Crippen LogP contribution in [-0.2, 0) is 4.12 Å². The van der Waals surface area contributed by atoms with Crippen molar-refractivity contribution in [3.63, 3.8) is 0 Å². The molecule has 0 aliphatic carbocycles. The lowest BCUT2D eigenvalue weighted by Gasteiger charge is -2.20. The molecule has 0 rings (SSSR count). The van der Waals surface area contributed by atoms with Crippen molar-refractivity contribution >= 4 is 18.8 Å². The van der Waals surface area contributed by atoms with E-state index < -0.39 is 9.04 Å². The van der Waals surface area contributed by atoms with E-state index in [-0.39, 0.29) is 9.76 Å². The van der Waals surface area contributed by atoms with Crippen molar-refractivity contribution in [2.24, 2.45) is 0 Å². The summed E-state index contributed by atoms with van der Waals surface area (Å²) in [7, 11) is -0.734. The standard InChI is InChI=1S/C14H33OSi2/c1-6-7-8-9-10-11-12-17(14(4)5)15-16-13(2)3/h13-14H,6-12,16H2,1-5H3. The Morgan fingerprint density at radius 1 is 0.941 bits per heavy atom. The molecule has 0 unspecified atom stereocenters. The van der Waals surface area contributed by atoms with E-state index in [1.54, 1.807) is 0 Å². The molecule has 0 aliphatic rings. The van der Waals surface area contributed by atoms with Gasteiger partial charge in [0.25, 0.3) is 0 Å². The molecule has 0 N–H and O–H groups in total. The average molecular weight is 274 g/mol. The molecular formula is C14H33OSi2. The van der Waals surface area contributed by atoms with Crippen molar-refractivity contribution in [2.45, 2.75) is 90.3 Å². The fraction of sp³-hybridized carbons (Fsp3) is 1.00. The predicted molar refractivity (Wildman–Crippen MR) is 83.8 cm³/mol. The zero-order valence-corrected chi connectivity index (χ0v) is 15.1. The summed E-state index contributed by atoms with van der Waals surface area (Å²) in [5.74, 6) is 0. The second-order valence-corrected chi connectivity index (χ2v) is 11.6. The molecule has 0 atom stereocenters. The monoisotopic (exact) mass is 273 g/mol. The molecule has 17 heavy (non-hydrogen) atoms. The molecule has 0 aromatic heterocycles. The van der Waals surface area contributed by atoms with Gasteiger partial charge in [-0.1, -0.05) is 73.1 Å². The highest BCUT2D eigenvalue weighted by atomic mass is 28.3. The Labute approximate surface area is 113 Å². The van der Waals surface area contributed by atoms with Gasteiger partial charge in [-0.2, -0.15) is 0 Å². The molecule has 1 radical (unpaired) electrons. The Bertz CT molecular complexity index is 160. The average Bonchev–Trinajstić information content (AvgIpc) is 2.26. The number of hydrogen-bond acceptors (Lipinski definition) is 1. The van der Waals surface area contributed by atoms with Crippen molar-refractivity contribution in [1.82, 2.24) is 0 Å². The fourth-order valence-electron chi connectivity index (χ4n) is 1.88. The molecule has 0 amide bonds. The van der Waals surface area contributed by atoms with Crippen molar-refractivity contribution in [2.75, 3.05) is 0 Å². The summed E-state index contributed by atoms with van der Waals surface area (Å²) in [6.45, 7) is 11.6. The minimum atomic E-state index is -0.488. The van der Waals surface area contributed by atoms with Crippen LogP contribution < -0.4 is 0 Å². The first-order chi connectivity index (χ1) is 8.07. The maximum absolute atomic E-state index is 6.23. The summed E-state index contributed by atoms with van der Waals surface area (Å²) in [5, 5.41) is 0. The summed E-state index contributed by atoms with van der Waals surface area (Å²) < 4.78 is 6.23. The summed E-state index contributed by atoms with van der Waals surface area (Å²) >= 11 is 0. The topological polar surface area (TPSA) is 9.23 Å². The van der Waals surface area contributed by atoms with Gasteiger partial charge in [0.05, 0.1) is 0 Å². The third-order valence-corrected chi connectivity index (χ3v) is 7.97. The van der Waals surface area contributed by atoms with Gasteiger partial charge in [-0.3, -0.25) is 0 Å². The van der Waals surface area contributed by atoms with E-state index in [0.717, 1.165) is 11.1 Å². The Hall–Kier alpha value is 0.394. The van der Waals surface area contributed by atoms with Crippen molar-refractivity contribution < 1.29 is 4.12 Å². The van der Waals surface area contributed by atoms with Gasteiger partial charge >= 0.3 is 0 Å². The van der Waals surface area contributed by atoms with Crippen LogP contribution in [-0.4, -0.2) is 18.8 Å². The molecule has 0 aromatic rings. The summed E-state index contributed by atoms with van der Waals surface area (Å²) in [6, 6.07) is 1.38. The number of unbranched alkanes of at least 4 members (excludes halogenated alkanes) is 5. The first kappa shape index (κ1) is 17.4. The van der Waals surface area contributed by atoms with Crippen LogP contribution in [0, 0.1) is 0 Å². The minimum absolute atomic E-state index is 0.246. The predicted octanol–water partition coefficient (Wildman–Crippen LogP) is 4.68. The van der Waals surface area contributed by atoms with Gasteiger partial charge in [0.15, 0.2) is 9.04 Å². The highest BCUT2D eigenvalue weighted by molar-refractivity contribution is 6.60. The third kappa shape index (κ3) is 11.2. The number of hydrogen-bond donors (Lipinski definition) is 0. The minimum Gasteiger partial charge on any atom is -0.460 e. The molecule has 0 aromatic carbocycles. The maximum atomic E-state index is 6.23. The Kier molecular flexibility index (Phi) is 11.7. The zero-order valence-electron chi connectivity index (χ0n) is 12.7. The van der Waals surface area contributed by atoms with Gasteiger partial charge in [0, 0.05) is 0 Å². The van der Waals surface area contributed by atoms with Crippen molar-refractivity contribution in [3.8, 4) is 0 Å². The van der Waals surface area contributed by atoms with Gasteiger partial charge in [0.1, 0.15) is 9.76 Å². The molecule has 0 saturated carbocycles. The van der Waals surface area contributed by atoms with Crippen LogP contribution >= 0.6 is 0 Å². The quantitative estimate of drug-likeness (QED) is 0.392. The summed E-state index contributed by atoms with van der Waals surface area (Å²) in [5.41, 5.74) is 1.61. The largest absolute Gasteiger partial charge is 0.460 e. The van der Waals surface area contributed by atoms with E-state index in [2.05, 4.69) is 34.6 Å². The molecule has 0 aliphatic heterocycles. The number of rotatable bonds is 11. The Morgan fingerprint density at radius 2 is 1.53 bits per heavy atom. The lowest BCUT2D eigenvalue weighted by molar-refractivity contribution is 0.557.